The van der Waals surface area contributed by atoms with Crippen LogP contribution in [-0.2, 0) is 6.42 Å². The number of benzene rings is 2. The second kappa shape index (κ2) is 6.75. The molecule has 0 aliphatic rings. The van der Waals surface area contributed by atoms with E-state index < -0.39 is 0 Å². The van der Waals surface area contributed by atoms with Crippen molar-refractivity contribution >= 4 is 28.4 Å². The average Bonchev–Trinajstić information content (AvgIpc) is 2.97. The Hall–Kier alpha value is -2.46. The van der Waals surface area contributed by atoms with Crippen LogP contribution in [0.5, 0.6) is 5.75 Å². The third kappa shape index (κ3) is 3.32. The number of rotatable bonds is 5. The van der Waals surface area contributed by atoms with Gasteiger partial charge >= 0.3 is 0 Å². The van der Waals surface area contributed by atoms with Gasteiger partial charge in [-0.3, -0.25) is 4.79 Å². The number of halogens is 1. The first kappa shape index (κ1) is 15.4. The van der Waals surface area contributed by atoms with E-state index in [0.29, 0.717) is 22.9 Å². The van der Waals surface area contributed by atoms with Crippen LogP contribution in [0.3, 0.4) is 0 Å². The molecule has 0 saturated heterocycles. The fraction of sp³-hybridized carbons (Fsp3) is 0.167. The number of para-hydroxylation sites is 1. The van der Waals surface area contributed by atoms with E-state index in [-0.39, 0.29) is 5.91 Å². The maximum absolute atomic E-state index is 12.3. The van der Waals surface area contributed by atoms with Crippen LogP contribution in [0.2, 0.25) is 5.02 Å². The molecule has 2 N–H and O–H groups in total. The molecule has 0 atom stereocenters. The van der Waals surface area contributed by atoms with Crippen LogP contribution >= 0.6 is 11.6 Å². The van der Waals surface area contributed by atoms with E-state index in [1.54, 1.807) is 19.2 Å². The van der Waals surface area contributed by atoms with Gasteiger partial charge in [-0.05, 0) is 42.3 Å². The second-order valence-electron chi connectivity index (χ2n) is 5.21. The van der Waals surface area contributed by atoms with Crippen molar-refractivity contribution in [3.8, 4) is 5.75 Å². The summed E-state index contributed by atoms with van der Waals surface area (Å²) < 4.78 is 5.21. The lowest BCUT2D eigenvalue weighted by Crippen LogP contribution is -2.26. The Balaban J connectivity index is 1.66. The molecule has 118 valence electrons. The molecular formula is C18H17ClN2O2. The maximum Gasteiger partial charge on any atom is 0.255 e. The van der Waals surface area contributed by atoms with E-state index in [0.717, 1.165) is 22.9 Å². The molecule has 1 heterocycles. The Labute approximate surface area is 139 Å². The van der Waals surface area contributed by atoms with Gasteiger partial charge in [0, 0.05) is 28.7 Å². The number of aromatic amines is 1. The van der Waals surface area contributed by atoms with Gasteiger partial charge in [0.05, 0.1) is 12.7 Å². The predicted molar refractivity (Wildman–Crippen MR) is 92.3 cm³/mol. The van der Waals surface area contributed by atoms with Crippen LogP contribution in [-0.4, -0.2) is 24.5 Å². The van der Waals surface area contributed by atoms with Crippen molar-refractivity contribution in [1.82, 2.24) is 10.3 Å². The molecule has 3 aromatic rings. The Morgan fingerprint density at radius 3 is 2.91 bits per heavy atom. The summed E-state index contributed by atoms with van der Waals surface area (Å²) >= 11 is 6.05. The summed E-state index contributed by atoms with van der Waals surface area (Å²) in [6.07, 6.45) is 2.68. The molecule has 3 rings (SSSR count). The van der Waals surface area contributed by atoms with Crippen molar-refractivity contribution < 1.29 is 9.53 Å². The minimum absolute atomic E-state index is 0.139. The van der Waals surface area contributed by atoms with E-state index >= 15 is 0 Å². The smallest absolute Gasteiger partial charge is 0.255 e. The highest BCUT2D eigenvalue weighted by molar-refractivity contribution is 6.31. The number of nitrogens with one attached hydrogen (secondary N) is 2. The highest BCUT2D eigenvalue weighted by Crippen LogP contribution is 2.22. The standard InChI is InChI=1S/C18H17ClN2O2/c1-23-17-5-3-2-4-14(17)18(22)20-9-8-12-11-21-16-7-6-13(19)10-15(12)16/h2-7,10-11,21H,8-9H2,1H3,(H,20,22). The minimum atomic E-state index is -0.139. The number of amides is 1. The van der Waals surface area contributed by atoms with E-state index in [4.69, 9.17) is 16.3 Å². The van der Waals surface area contributed by atoms with Crippen molar-refractivity contribution in [3.05, 3.63) is 64.8 Å². The number of aromatic nitrogens is 1. The zero-order valence-electron chi connectivity index (χ0n) is 12.7. The SMILES string of the molecule is COc1ccccc1C(=O)NCCc1c[nH]c2ccc(Cl)cc12. The number of carbonyl (C=O) groups is 1. The summed E-state index contributed by atoms with van der Waals surface area (Å²) in [5, 5.41) is 4.72. The van der Waals surface area contributed by atoms with Gasteiger partial charge < -0.3 is 15.0 Å². The summed E-state index contributed by atoms with van der Waals surface area (Å²) in [5.74, 6) is 0.434. The summed E-state index contributed by atoms with van der Waals surface area (Å²) in [4.78, 5) is 15.5. The molecule has 0 radical (unpaired) electrons. The van der Waals surface area contributed by atoms with Crippen molar-refractivity contribution in [3.63, 3.8) is 0 Å². The predicted octanol–water partition coefficient (Wildman–Crippen LogP) is 3.80. The number of hydrogen-bond acceptors (Lipinski definition) is 2. The van der Waals surface area contributed by atoms with Gasteiger partial charge in [0.25, 0.3) is 5.91 Å². The normalized spacial score (nSPS) is 10.7. The zero-order valence-corrected chi connectivity index (χ0v) is 13.5. The van der Waals surface area contributed by atoms with E-state index in [9.17, 15) is 4.79 Å². The van der Waals surface area contributed by atoms with Crippen LogP contribution in [0.1, 0.15) is 15.9 Å². The molecule has 0 aliphatic heterocycles. The maximum atomic E-state index is 12.3. The molecule has 0 aliphatic carbocycles. The molecule has 2 aromatic carbocycles. The minimum Gasteiger partial charge on any atom is -0.496 e. The van der Waals surface area contributed by atoms with Gasteiger partial charge in [0.15, 0.2) is 0 Å². The van der Waals surface area contributed by atoms with Gasteiger partial charge in [0.2, 0.25) is 0 Å². The fourth-order valence-electron chi connectivity index (χ4n) is 2.60. The molecule has 4 nitrogen and oxygen atoms in total. The van der Waals surface area contributed by atoms with Crippen LogP contribution in [0.4, 0.5) is 0 Å². The lowest BCUT2D eigenvalue weighted by atomic mass is 10.1. The van der Waals surface area contributed by atoms with Crippen LogP contribution < -0.4 is 10.1 Å². The van der Waals surface area contributed by atoms with Crippen molar-refractivity contribution in [2.24, 2.45) is 0 Å². The monoisotopic (exact) mass is 328 g/mol. The van der Waals surface area contributed by atoms with Crippen LogP contribution in [0.25, 0.3) is 10.9 Å². The van der Waals surface area contributed by atoms with Crippen LogP contribution in [0, 0.1) is 0 Å². The number of hydrogen-bond donors (Lipinski definition) is 2. The summed E-state index contributed by atoms with van der Waals surface area (Å²) in [6.45, 7) is 0.538. The quantitative estimate of drug-likeness (QED) is 0.748. The topological polar surface area (TPSA) is 54.1 Å². The van der Waals surface area contributed by atoms with Crippen molar-refractivity contribution in [2.45, 2.75) is 6.42 Å². The molecule has 0 bridgehead atoms. The molecule has 0 saturated carbocycles. The van der Waals surface area contributed by atoms with Crippen molar-refractivity contribution in [1.29, 1.82) is 0 Å². The van der Waals surface area contributed by atoms with E-state index in [2.05, 4.69) is 10.3 Å². The van der Waals surface area contributed by atoms with Gasteiger partial charge in [-0.1, -0.05) is 23.7 Å². The molecule has 1 aromatic heterocycles. The third-order valence-electron chi connectivity index (χ3n) is 3.76. The van der Waals surface area contributed by atoms with Gasteiger partial charge in [0.1, 0.15) is 5.75 Å². The number of carbonyl (C=O) groups excluding carboxylic acids is 1. The summed E-state index contributed by atoms with van der Waals surface area (Å²) in [5.41, 5.74) is 2.71. The Morgan fingerprint density at radius 1 is 1.26 bits per heavy atom. The highest BCUT2D eigenvalue weighted by Gasteiger charge is 2.11. The molecule has 23 heavy (non-hydrogen) atoms. The number of fused-ring (bicyclic) bond motifs is 1. The Bertz CT molecular complexity index is 842. The summed E-state index contributed by atoms with van der Waals surface area (Å²) in [6, 6.07) is 12.9. The molecule has 1 amide bonds. The third-order valence-corrected chi connectivity index (χ3v) is 4.00. The molecule has 0 unspecified atom stereocenters. The average molecular weight is 329 g/mol. The van der Waals surface area contributed by atoms with Crippen molar-refractivity contribution in [2.75, 3.05) is 13.7 Å². The van der Waals surface area contributed by atoms with Crippen LogP contribution in [0.15, 0.2) is 48.7 Å². The molecule has 0 fully saturated rings. The second-order valence-corrected chi connectivity index (χ2v) is 5.65. The van der Waals surface area contributed by atoms with Gasteiger partial charge in [-0.2, -0.15) is 0 Å². The zero-order chi connectivity index (χ0) is 16.2. The first-order chi connectivity index (χ1) is 11.2. The number of ether oxygens (including phenoxy) is 1. The highest BCUT2D eigenvalue weighted by atomic mass is 35.5. The lowest BCUT2D eigenvalue weighted by Gasteiger charge is -2.08. The Kier molecular flexibility index (Phi) is 4.53. The molecule has 5 heteroatoms. The lowest BCUT2D eigenvalue weighted by molar-refractivity contribution is 0.0951. The first-order valence-corrected chi connectivity index (χ1v) is 7.73. The van der Waals surface area contributed by atoms with E-state index in [1.807, 2.05) is 36.5 Å². The molecular weight excluding hydrogens is 312 g/mol. The Morgan fingerprint density at radius 2 is 2.09 bits per heavy atom. The number of methoxy groups -OCH3 is 1. The van der Waals surface area contributed by atoms with Gasteiger partial charge in [-0.15, -0.1) is 0 Å². The largest absolute Gasteiger partial charge is 0.496 e. The van der Waals surface area contributed by atoms with E-state index in [1.165, 1.54) is 0 Å². The molecule has 0 spiro atoms. The number of H-pyrrole nitrogens is 1. The summed E-state index contributed by atoms with van der Waals surface area (Å²) in [7, 11) is 1.56. The fourth-order valence-corrected chi connectivity index (χ4v) is 2.77. The van der Waals surface area contributed by atoms with Gasteiger partial charge in [-0.25, -0.2) is 0 Å². The first-order valence-electron chi connectivity index (χ1n) is 7.36.